The Morgan fingerprint density at radius 1 is 1.42 bits per heavy atom. The molecule has 4 heteroatoms. The molecular weight excluding hydrogens is 256 g/mol. The van der Waals surface area contributed by atoms with Crippen molar-refractivity contribution in [1.82, 2.24) is 10.6 Å². The predicted molar refractivity (Wildman–Crippen MR) is 80.4 cm³/mol. The molecule has 0 spiro atoms. The summed E-state index contributed by atoms with van der Waals surface area (Å²) in [5.74, 6) is 0.103. The predicted octanol–water partition coefficient (Wildman–Crippen LogP) is 2.73. The number of thioether (sulfide) groups is 1. The monoisotopic (exact) mass is 278 g/mol. The van der Waals surface area contributed by atoms with Crippen LogP contribution in [0.4, 0.5) is 0 Å². The first kappa shape index (κ1) is 14.4. The van der Waals surface area contributed by atoms with Gasteiger partial charge in [0, 0.05) is 4.90 Å². The molecule has 0 saturated carbocycles. The van der Waals surface area contributed by atoms with Gasteiger partial charge in [0.15, 0.2) is 0 Å². The lowest BCUT2D eigenvalue weighted by molar-refractivity contribution is -0.127. The van der Waals surface area contributed by atoms with Gasteiger partial charge in [0.05, 0.1) is 11.6 Å². The van der Waals surface area contributed by atoms with Crippen LogP contribution < -0.4 is 10.6 Å². The van der Waals surface area contributed by atoms with Crippen LogP contribution in [0.1, 0.15) is 38.3 Å². The van der Waals surface area contributed by atoms with Gasteiger partial charge in [-0.15, -0.1) is 11.8 Å². The Balaban J connectivity index is 1.99. The van der Waals surface area contributed by atoms with Crippen molar-refractivity contribution < 1.29 is 4.79 Å². The van der Waals surface area contributed by atoms with E-state index in [1.807, 2.05) is 13.8 Å². The average molecular weight is 278 g/mol. The summed E-state index contributed by atoms with van der Waals surface area (Å²) in [7, 11) is 0. The van der Waals surface area contributed by atoms with Crippen LogP contribution in [0.3, 0.4) is 0 Å². The molecule has 0 bridgehead atoms. The molecule has 0 aliphatic carbocycles. The number of hydrogen-bond donors (Lipinski definition) is 2. The third kappa shape index (κ3) is 3.31. The average Bonchev–Trinajstić information content (AvgIpc) is 2.87. The standard InChI is InChI=1S/C15H22N2OS/c1-11(12-5-7-13(19-3)8-6-12)17-14(18)15(2)9-4-10-16-15/h5-8,11,16H,4,9-10H2,1-3H3,(H,17,18). The SMILES string of the molecule is CSc1ccc(C(C)NC(=O)C2(C)CCCN2)cc1. The van der Waals surface area contributed by atoms with Crippen molar-refractivity contribution in [3.8, 4) is 0 Å². The topological polar surface area (TPSA) is 41.1 Å². The van der Waals surface area contributed by atoms with Gasteiger partial charge in [0.2, 0.25) is 5.91 Å². The number of carbonyl (C=O) groups is 1. The molecule has 1 heterocycles. The normalized spacial score (nSPS) is 24.2. The van der Waals surface area contributed by atoms with E-state index < -0.39 is 5.54 Å². The van der Waals surface area contributed by atoms with Gasteiger partial charge in [0.1, 0.15) is 0 Å². The van der Waals surface area contributed by atoms with E-state index >= 15 is 0 Å². The van der Waals surface area contributed by atoms with Gasteiger partial charge in [-0.3, -0.25) is 4.79 Å². The number of carbonyl (C=O) groups excluding carboxylic acids is 1. The van der Waals surface area contributed by atoms with Crippen molar-refractivity contribution in [2.75, 3.05) is 12.8 Å². The fourth-order valence-electron chi connectivity index (χ4n) is 2.42. The fourth-order valence-corrected chi connectivity index (χ4v) is 2.83. The van der Waals surface area contributed by atoms with Crippen LogP contribution in [-0.4, -0.2) is 24.2 Å². The molecular formula is C15H22N2OS. The van der Waals surface area contributed by atoms with Gasteiger partial charge in [-0.25, -0.2) is 0 Å². The number of amides is 1. The van der Waals surface area contributed by atoms with Crippen molar-refractivity contribution in [3.63, 3.8) is 0 Å². The molecule has 104 valence electrons. The van der Waals surface area contributed by atoms with Gasteiger partial charge in [-0.1, -0.05) is 12.1 Å². The minimum atomic E-state index is -0.395. The second kappa shape index (κ2) is 5.97. The van der Waals surface area contributed by atoms with Crippen LogP contribution in [0.15, 0.2) is 29.2 Å². The molecule has 1 aromatic rings. The molecule has 1 aromatic carbocycles. The lowest BCUT2D eigenvalue weighted by Gasteiger charge is -2.26. The summed E-state index contributed by atoms with van der Waals surface area (Å²) in [5.41, 5.74) is 0.751. The van der Waals surface area contributed by atoms with Crippen molar-refractivity contribution in [2.24, 2.45) is 0 Å². The van der Waals surface area contributed by atoms with Crippen LogP contribution in [0.2, 0.25) is 0 Å². The first-order chi connectivity index (χ1) is 9.05. The largest absolute Gasteiger partial charge is 0.348 e. The maximum atomic E-state index is 12.3. The van der Waals surface area contributed by atoms with Crippen LogP contribution in [0, 0.1) is 0 Å². The van der Waals surface area contributed by atoms with E-state index in [2.05, 4.69) is 41.2 Å². The van der Waals surface area contributed by atoms with E-state index in [9.17, 15) is 4.79 Å². The zero-order valence-corrected chi connectivity index (χ0v) is 12.6. The Morgan fingerprint density at radius 2 is 2.11 bits per heavy atom. The number of hydrogen-bond acceptors (Lipinski definition) is 3. The second-order valence-electron chi connectivity index (χ2n) is 5.33. The molecule has 3 nitrogen and oxygen atoms in total. The molecule has 0 radical (unpaired) electrons. The molecule has 1 aliphatic rings. The highest BCUT2D eigenvalue weighted by Crippen LogP contribution is 2.22. The van der Waals surface area contributed by atoms with Crippen molar-refractivity contribution in [2.45, 2.75) is 43.2 Å². The zero-order valence-electron chi connectivity index (χ0n) is 11.8. The fraction of sp³-hybridized carbons (Fsp3) is 0.533. The van der Waals surface area contributed by atoms with Crippen LogP contribution in [0.25, 0.3) is 0 Å². The van der Waals surface area contributed by atoms with Crippen molar-refractivity contribution in [1.29, 1.82) is 0 Å². The van der Waals surface area contributed by atoms with Gasteiger partial charge in [0.25, 0.3) is 0 Å². The maximum absolute atomic E-state index is 12.3. The Labute approximate surface area is 119 Å². The van der Waals surface area contributed by atoms with Gasteiger partial charge in [-0.05, 0) is 57.2 Å². The highest BCUT2D eigenvalue weighted by molar-refractivity contribution is 7.98. The van der Waals surface area contributed by atoms with Gasteiger partial charge >= 0.3 is 0 Å². The summed E-state index contributed by atoms with van der Waals surface area (Å²) in [6.45, 7) is 4.95. The molecule has 19 heavy (non-hydrogen) atoms. The lowest BCUT2D eigenvalue weighted by Crippen LogP contribution is -2.51. The number of benzene rings is 1. The van der Waals surface area contributed by atoms with Crippen LogP contribution >= 0.6 is 11.8 Å². The molecule has 1 amide bonds. The minimum absolute atomic E-state index is 0.0441. The molecule has 2 N–H and O–H groups in total. The highest BCUT2D eigenvalue weighted by Gasteiger charge is 2.36. The van der Waals surface area contributed by atoms with Crippen LogP contribution in [0.5, 0.6) is 0 Å². The molecule has 2 rings (SSSR count). The van der Waals surface area contributed by atoms with E-state index in [4.69, 9.17) is 0 Å². The quantitative estimate of drug-likeness (QED) is 0.832. The summed E-state index contributed by atoms with van der Waals surface area (Å²) in [6, 6.07) is 8.40. The van der Waals surface area contributed by atoms with E-state index in [1.54, 1.807) is 11.8 Å². The molecule has 2 unspecified atom stereocenters. The Morgan fingerprint density at radius 3 is 2.63 bits per heavy atom. The Kier molecular flexibility index (Phi) is 4.53. The third-order valence-corrected chi connectivity index (χ3v) is 4.58. The van der Waals surface area contributed by atoms with E-state index in [-0.39, 0.29) is 11.9 Å². The summed E-state index contributed by atoms with van der Waals surface area (Å²) >= 11 is 1.73. The maximum Gasteiger partial charge on any atom is 0.240 e. The lowest BCUT2D eigenvalue weighted by atomic mass is 9.98. The number of nitrogens with one attached hydrogen (secondary N) is 2. The molecule has 1 aliphatic heterocycles. The molecule has 0 aromatic heterocycles. The zero-order chi connectivity index (χ0) is 13.9. The molecule has 1 saturated heterocycles. The van der Waals surface area contributed by atoms with Gasteiger partial charge in [-0.2, -0.15) is 0 Å². The molecule has 2 atom stereocenters. The van der Waals surface area contributed by atoms with E-state index in [0.717, 1.165) is 24.9 Å². The van der Waals surface area contributed by atoms with Crippen molar-refractivity contribution >= 4 is 17.7 Å². The third-order valence-electron chi connectivity index (χ3n) is 3.83. The number of rotatable bonds is 4. The Hall–Kier alpha value is -1.00. The summed E-state index contributed by atoms with van der Waals surface area (Å²) in [5, 5.41) is 6.40. The first-order valence-electron chi connectivity index (χ1n) is 6.75. The highest BCUT2D eigenvalue weighted by atomic mass is 32.2. The second-order valence-corrected chi connectivity index (χ2v) is 6.21. The summed E-state index contributed by atoms with van der Waals surface area (Å²) in [4.78, 5) is 13.5. The smallest absolute Gasteiger partial charge is 0.240 e. The van der Waals surface area contributed by atoms with E-state index in [1.165, 1.54) is 4.90 Å². The summed E-state index contributed by atoms with van der Waals surface area (Å²) in [6.07, 6.45) is 4.05. The summed E-state index contributed by atoms with van der Waals surface area (Å²) < 4.78 is 0. The van der Waals surface area contributed by atoms with E-state index in [0.29, 0.717) is 0 Å². The van der Waals surface area contributed by atoms with Crippen molar-refractivity contribution in [3.05, 3.63) is 29.8 Å². The first-order valence-corrected chi connectivity index (χ1v) is 7.97. The molecule has 1 fully saturated rings. The van der Waals surface area contributed by atoms with Crippen LogP contribution in [-0.2, 0) is 4.79 Å². The van der Waals surface area contributed by atoms with Gasteiger partial charge < -0.3 is 10.6 Å². The Bertz CT molecular complexity index is 438. The minimum Gasteiger partial charge on any atom is -0.348 e.